The van der Waals surface area contributed by atoms with E-state index in [9.17, 15) is 8.42 Å². The van der Waals surface area contributed by atoms with E-state index in [2.05, 4.69) is 37.3 Å². The van der Waals surface area contributed by atoms with Crippen LogP contribution in [0.2, 0.25) is 0 Å². The number of rotatable bonds is 4. The van der Waals surface area contributed by atoms with E-state index < -0.39 is 10.0 Å². The highest BCUT2D eigenvalue weighted by atomic mass is 32.2. The Hall–Kier alpha value is -0.170. The van der Waals surface area contributed by atoms with Crippen molar-refractivity contribution in [1.29, 1.82) is 0 Å². The molecule has 1 aliphatic rings. The fourth-order valence-electron chi connectivity index (χ4n) is 2.10. The average Bonchev–Trinajstić information content (AvgIpc) is 2.23. The molecule has 2 atom stereocenters. The van der Waals surface area contributed by atoms with Gasteiger partial charge in [0, 0.05) is 25.2 Å². The predicted molar refractivity (Wildman–Crippen MR) is 73.1 cm³/mol. The molecule has 1 heterocycles. The monoisotopic (exact) mass is 278 g/mol. The first-order valence-electron chi connectivity index (χ1n) is 6.39. The summed E-state index contributed by atoms with van der Waals surface area (Å²) in [4.78, 5) is 2.35. The Morgan fingerprint density at radius 2 is 2.06 bits per heavy atom. The molecule has 0 aromatic heterocycles. The maximum absolute atomic E-state index is 11.2. The molecule has 18 heavy (non-hydrogen) atoms. The third kappa shape index (κ3) is 4.84. The van der Waals surface area contributed by atoms with Crippen LogP contribution < -0.4 is 4.72 Å². The van der Waals surface area contributed by atoms with Crippen molar-refractivity contribution in [1.82, 2.24) is 9.62 Å². The van der Waals surface area contributed by atoms with Gasteiger partial charge in [-0.25, -0.2) is 13.1 Å². The molecule has 1 rings (SSSR count). The molecule has 0 aromatic rings. The minimum atomic E-state index is -3.14. The average molecular weight is 278 g/mol. The standard InChI is InChI=1S/C12H26N2O3S/c1-10(12(2,3)4)14-6-7-17-9-11(14)8-13-18(5,15)16/h10-11,13H,6-9H2,1-5H3. The summed E-state index contributed by atoms with van der Waals surface area (Å²) in [6.07, 6.45) is 1.19. The molecule has 0 saturated carbocycles. The van der Waals surface area contributed by atoms with Crippen LogP contribution in [-0.2, 0) is 14.8 Å². The smallest absolute Gasteiger partial charge is 0.208 e. The highest BCUT2D eigenvalue weighted by Gasteiger charge is 2.33. The Bertz CT molecular complexity index is 362. The van der Waals surface area contributed by atoms with Gasteiger partial charge in [0.2, 0.25) is 10.0 Å². The molecular weight excluding hydrogens is 252 g/mol. The second kappa shape index (κ2) is 5.86. The van der Waals surface area contributed by atoms with Crippen LogP contribution in [0, 0.1) is 5.41 Å². The number of nitrogens with zero attached hydrogens (tertiary/aromatic N) is 1. The fourth-order valence-corrected chi connectivity index (χ4v) is 2.59. The van der Waals surface area contributed by atoms with Crippen LogP contribution in [0.15, 0.2) is 0 Å². The normalized spacial score (nSPS) is 25.1. The lowest BCUT2D eigenvalue weighted by atomic mass is 9.86. The summed E-state index contributed by atoms with van der Waals surface area (Å²) >= 11 is 0. The number of hydrogen-bond donors (Lipinski definition) is 1. The molecule has 0 amide bonds. The van der Waals surface area contributed by atoms with Crippen molar-refractivity contribution >= 4 is 10.0 Å². The van der Waals surface area contributed by atoms with Gasteiger partial charge in [0.25, 0.3) is 0 Å². The summed E-state index contributed by atoms with van der Waals surface area (Å²) < 4.78 is 30.4. The van der Waals surface area contributed by atoms with E-state index in [4.69, 9.17) is 4.74 Å². The van der Waals surface area contributed by atoms with E-state index >= 15 is 0 Å². The summed E-state index contributed by atoms with van der Waals surface area (Å²) in [6, 6.07) is 0.496. The molecule has 1 N–H and O–H groups in total. The summed E-state index contributed by atoms with van der Waals surface area (Å²) in [6.45, 7) is 11.4. The molecule has 5 nitrogen and oxygen atoms in total. The Kier molecular flexibility index (Phi) is 5.17. The highest BCUT2D eigenvalue weighted by Crippen LogP contribution is 2.26. The molecule has 1 aliphatic heterocycles. The topological polar surface area (TPSA) is 58.6 Å². The zero-order valence-corrected chi connectivity index (χ0v) is 12.9. The molecule has 108 valence electrons. The minimum absolute atomic E-state index is 0.114. The van der Waals surface area contributed by atoms with Gasteiger partial charge in [0.15, 0.2) is 0 Å². The third-order valence-corrected chi connectivity index (χ3v) is 4.30. The van der Waals surface area contributed by atoms with E-state index in [1.807, 2.05) is 0 Å². The van der Waals surface area contributed by atoms with Gasteiger partial charge >= 0.3 is 0 Å². The zero-order valence-electron chi connectivity index (χ0n) is 12.1. The van der Waals surface area contributed by atoms with Gasteiger partial charge in [0.1, 0.15) is 0 Å². The third-order valence-electron chi connectivity index (χ3n) is 3.61. The first-order valence-corrected chi connectivity index (χ1v) is 8.28. The first-order chi connectivity index (χ1) is 8.11. The number of sulfonamides is 1. The van der Waals surface area contributed by atoms with Crippen molar-refractivity contribution in [3.63, 3.8) is 0 Å². The Morgan fingerprint density at radius 3 is 2.56 bits per heavy atom. The first kappa shape index (κ1) is 15.9. The number of ether oxygens (including phenoxy) is 1. The number of hydrogen-bond acceptors (Lipinski definition) is 4. The van der Waals surface area contributed by atoms with Crippen LogP contribution in [-0.4, -0.2) is 58.0 Å². The van der Waals surface area contributed by atoms with Crippen LogP contribution in [0.5, 0.6) is 0 Å². The van der Waals surface area contributed by atoms with E-state index in [1.165, 1.54) is 6.26 Å². The van der Waals surface area contributed by atoms with Crippen LogP contribution >= 0.6 is 0 Å². The molecule has 2 unspecified atom stereocenters. The van der Waals surface area contributed by atoms with Crippen molar-refractivity contribution in [2.75, 3.05) is 32.6 Å². The lowest BCUT2D eigenvalue weighted by molar-refractivity contribution is -0.0450. The van der Waals surface area contributed by atoms with Gasteiger partial charge in [-0.15, -0.1) is 0 Å². The predicted octanol–water partition coefficient (Wildman–Crippen LogP) is 0.671. The number of morpholine rings is 1. The van der Waals surface area contributed by atoms with Gasteiger partial charge in [0.05, 0.1) is 19.5 Å². The van der Waals surface area contributed by atoms with Crippen molar-refractivity contribution in [2.45, 2.75) is 39.8 Å². The number of nitrogens with one attached hydrogen (secondary N) is 1. The van der Waals surface area contributed by atoms with Gasteiger partial charge in [-0.1, -0.05) is 20.8 Å². The fraction of sp³-hybridized carbons (Fsp3) is 1.00. The van der Waals surface area contributed by atoms with Gasteiger partial charge in [-0.05, 0) is 12.3 Å². The van der Waals surface area contributed by atoms with Gasteiger partial charge in [-0.3, -0.25) is 4.90 Å². The van der Waals surface area contributed by atoms with E-state index in [1.54, 1.807) is 0 Å². The summed E-state index contributed by atoms with van der Waals surface area (Å²) in [7, 11) is -3.14. The van der Waals surface area contributed by atoms with Crippen molar-refractivity contribution in [3.05, 3.63) is 0 Å². The summed E-state index contributed by atoms with van der Waals surface area (Å²) in [5, 5.41) is 0. The van der Waals surface area contributed by atoms with Crippen molar-refractivity contribution < 1.29 is 13.2 Å². The maximum atomic E-state index is 11.2. The quantitative estimate of drug-likeness (QED) is 0.821. The molecule has 0 radical (unpaired) electrons. The molecule has 0 bridgehead atoms. The Morgan fingerprint density at radius 1 is 1.44 bits per heavy atom. The molecule has 0 spiro atoms. The molecule has 1 saturated heterocycles. The molecule has 0 aromatic carbocycles. The van der Waals surface area contributed by atoms with E-state index in [-0.39, 0.29) is 11.5 Å². The SMILES string of the molecule is CC(N1CCOCC1CNS(C)(=O)=O)C(C)(C)C. The van der Waals surface area contributed by atoms with Crippen LogP contribution in [0.3, 0.4) is 0 Å². The van der Waals surface area contributed by atoms with Crippen molar-refractivity contribution in [3.8, 4) is 0 Å². The van der Waals surface area contributed by atoms with Crippen LogP contribution in [0.1, 0.15) is 27.7 Å². The second-order valence-corrected chi connectivity index (χ2v) is 7.96. The van der Waals surface area contributed by atoms with E-state index in [0.29, 0.717) is 19.2 Å². The van der Waals surface area contributed by atoms with Crippen molar-refractivity contribution in [2.24, 2.45) is 5.41 Å². The second-order valence-electron chi connectivity index (χ2n) is 6.13. The maximum Gasteiger partial charge on any atom is 0.208 e. The van der Waals surface area contributed by atoms with Gasteiger partial charge in [-0.2, -0.15) is 0 Å². The van der Waals surface area contributed by atoms with Crippen LogP contribution in [0.25, 0.3) is 0 Å². The Labute approximate surface area is 111 Å². The highest BCUT2D eigenvalue weighted by molar-refractivity contribution is 7.88. The lowest BCUT2D eigenvalue weighted by Gasteiger charge is -2.44. The lowest BCUT2D eigenvalue weighted by Crippen LogP contribution is -2.57. The summed E-state index contributed by atoms with van der Waals surface area (Å²) in [5.41, 5.74) is 0.167. The Balaban J connectivity index is 2.68. The van der Waals surface area contributed by atoms with Crippen LogP contribution in [0.4, 0.5) is 0 Å². The largest absolute Gasteiger partial charge is 0.378 e. The molecule has 6 heteroatoms. The van der Waals surface area contributed by atoms with Gasteiger partial charge < -0.3 is 4.74 Å². The zero-order chi connectivity index (χ0) is 14.0. The van der Waals surface area contributed by atoms with E-state index in [0.717, 1.165) is 13.2 Å². The summed E-state index contributed by atoms with van der Waals surface area (Å²) in [5.74, 6) is 0. The molecular formula is C12H26N2O3S. The molecule has 0 aliphatic carbocycles. The minimum Gasteiger partial charge on any atom is -0.378 e. The molecule has 1 fully saturated rings.